The zero-order valence-electron chi connectivity index (χ0n) is 20.8. The minimum Gasteiger partial charge on any atom is -0.481 e. The van der Waals surface area contributed by atoms with Crippen molar-refractivity contribution in [2.24, 2.45) is 5.92 Å². The van der Waals surface area contributed by atoms with Gasteiger partial charge >= 0.3 is 6.09 Å². The lowest BCUT2D eigenvalue weighted by Crippen LogP contribution is -2.38. The number of amides is 2. The maximum absolute atomic E-state index is 13.8. The molecule has 0 radical (unpaired) electrons. The minimum atomic E-state index is -0.827. The summed E-state index contributed by atoms with van der Waals surface area (Å²) in [6.45, 7) is 10.7. The molecule has 0 aromatic carbocycles. The lowest BCUT2D eigenvalue weighted by molar-refractivity contribution is 0.0746. The summed E-state index contributed by atoms with van der Waals surface area (Å²) in [5, 5.41) is 9.26. The van der Waals surface area contributed by atoms with Crippen LogP contribution in [0.15, 0.2) is 6.07 Å². The Balaban J connectivity index is 1.57. The van der Waals surface area contributed by atoms with Crippen LogP contribution in [0.25, 0.3) is 0 Å². The van der Waals surface area contributed by atoms with Gasteiger partial charge in [-0.15, -0.1) is 11.3 Å². The summed E-state index contributed by atoms with van der Waals surface area (Å²) in [6, 6.07) is 2.04. The van der Waals surface area contributed by atoms with Crippen LogP contribution in [0.5, 0.6) is 5.88 Å². The smallest absolute Gasteiger partial charge is 0.407 e. The molecule has 1 N–H and O–H groups in total. The molecular formula is C26H35N3O4S. The first-order valence-electron chi connectivity index (χ1n) is 12.1. The summed E-state index contributed by atoms with van der Waals surface area (Å²) in [4.78, 5) is 35.5. The third-order valence-corrected chi connectivity index (χ3v) is 9.05. The number of hydrogen-bond donors (Lipinski definition) is 1. The van der Waals surface area contributed by atoms with Crippen LogP contribution in [0.3, 0.4) is 0 Å². The molecule has 4 heterocycles. The van der Waals surface area contributed by atoms with Gasteiger partial charge in [-0.05, 0) is 75.5 Å². The van der Waals surface area contributed by atoms with Crippen LogP contribution in [0.4, 0.5) is 4.79 Å². The van der Waals surface area contributed by atoms with Crippen molar-refractivity contribution in [3.8, 4) is 5.88 Å². The van der Waals surface area contributed by atoms with Crippen molar-refractivity contribution in [2.45, 2.75) is 65.8 Å². The highest BCUT2D eigenvalue weighted by Crippen LogP contribution is 2.42. The van der Waals surface area contributed by atoms with Gasteiger partial charge in [0.25, 0.3) is 5.91 Å². The van der Waals surface area contributed by atoms with E-state index in [1.807, 2.05) is 24.8 Å². The highest BCUT2D eigenvalue weighted by molar-refractivity contribution is 7.12. The van der Waals surface area contributed by atoms with Crippen LogP contribution < -0.4 is 4.74 Å². The summed E-state index contributed by atoms with van der Waals surface area (Å²) in [5.41, 5.74) is 4.95. The van der Waals surface area contributed by atoms with Gasteiger partial charge in [0.1, 0.15) is 0 Å². The molecule has 1 atom stereocenters. The number of aromatic nitrogens is 1. The van der Waals surface area contributed by atoms with E-state index >= 15 is 0 Å². The molecule has 2 aliphatic rings. The number of carbonyl (C=O) groups is 2. The van der Waals surface area contributed by atoms with Crippen LogP contribution in [0, 0.1) is 26.7 Å². The number of carboxylic acid groups (broad SMARTS) is 1. The third-order valence-electron chi connectivity index (χ3n) is 7.50. The van der Waals surface area contributed by atoms with Crippen molar-refractivity contribution in [3.05, 3.63) is 43.8 Å². The molecule has 2 aliphatic heterocycles. The number of nitrogens with zero attached hydrogens (tertiary/aromatic N) is 3. The Morgan fingerprint density at radius 2 is 1.97 bits per heavy atom. The standard InChI is InChI=1S/C26H35N3O4S/c1-15-13-16(2)27-24(33-5)20(15)14-29-10-6-7-21-22(25(29)30)18(4)23(34-21)17(3)19-8-11-28(12-9-19)26(31)32/h13,17,19H,6-12,14H2,1-5H3,(H,31,32). The Labute approximate surface area is 205 Å². The van der Waals surface area contributed by atoms with Crippen LogP contribution in [0.1, 0.15) is 74.6 Å². The molecule has 8 heteroatoms. The lowest BCUT2D eigenvalue weighted by Gasteiger charge is -2.33. The number of methoxy groups -OCH3 is 1. The first kappa shape index (κ1) is 24.5. The Kier molecular flexibility index (Phi) is 7.17. The Hall–Kier alpha value is -2.61. The minimum absolute atomic E-state index is 0.0995. The number of rotatable bonds is 5. The molecule has 1 fully saturated rings. The number of hydrogen-bond acceptors (Lipinski definition) is 5. The molecule has 34 heavy (non-hydrogen) atoms. The Morgan fingerprint density at radius 1 is 1.26 bits per heavy atom. The normalized spacial score (nSPS) is 18.0. The highest BCUT2D eigenvalue weighted by Gasteiger charge is 2.33. The predicted octanol–water partition coefficient (Wildman–Crippen LogP) is 5.16. The first-order chi connectivity index (χ1) is 16.2. The molecule has 0 aliphatic carbocycles. The zero-order valence-corrected chi connectivity index (χ0v) is 21.6. The Bertz CT molecular complexity index is 1090. The van der Waals surface area contributed by atoms with E-state index in [1.165, 1.54) is 14.7 Å². The van der Waals surface area contributed by atoms with E-state index < -0.39 is 6.09 Å². The topological polar surface area (TPSA) is 83.0 Å². The van der Waals surface area contributed by atoms with E-state index in [9.17, 15) is 14.7 Å². The molecule has 4 rings (SSSR count). The van der Waals surface area contributed by atoms with Crippen molar-refractivity contribution < 1.29 is 19.4 Å². The Morgan fingerprint density at radius 3 is 2.62 bits per heavy atom. The second kappa shape index (κ2) is 9.94. The number of likely N-dealkylation sites (tertiary alicyclic amines) is 1. The van der Waals surface area contributed by atoms with Gasteiger partial charge in [-0.2, -0.15) is 0 Å². The number of thiophene rings is 1. The number of piperidine rings is 1. The van der Waals surface area contributed by atoms with Gasteiger partial charge in [-0.3, -0.25) is 4.79 Å². The van der Waals surface area contributed by atoms with E-state index in [0.717, 1.165) is 53.6 Å². The van der Waals surface area contributed by atoms with Gasteiger partial charge in [0.05, 0.1) is 19.2 Å². The maximum Gasteiger partial charge on any atom is 0.407 e. The first-order valence-corrected chi connectivity index (χ1v) is 12.9. The second-order valence-electron chi connectivity index (χ2n) is 9.68. The average molecular weight is 486 g/mol. The third kappa shape index (κ3) is 4.65. The maximum atomic E-state index is 13.8. The molecule has 7 nitrogen and oxygen atoms in total. The lowest BCUT2D eigenvalue weighted by atomic mass is 9.83. The van der Waals surface area contributed by atoms with E-state index in [0.29, 0.717) is 43.9 Å². The van der Waals surface area contributed by atoms with Crippen LogP contribution in [0.2, 0.25) is 0 Å². The number of ether oxygens (including phenoxy) is 1. The fourth-order valence-electron chi connectivity index (χ4n) is 5.51. The quantitative estimate of drug-likeness (QED) is 0.633. The summed E-state index contributed by atoms with van der Waals surface area (Å²) in [7, 11) is 1.63. The molecule has 2 amide bonds. The van der Waals surface area contributed by atoms with E-state index in [2.05, 4.69) is 18.8 Å². The van der Waals surface area contributed by atoms with Gasteiger partial charge in [-0.1, -0.05) is 6.92 Å². The number of carbonyl (C=O) groups excluding carboxylic acids is 1. The summed E-state index contributed by atoms with van der Waals surface area (Å²) >= 11 is 1.79. The average Bonchev–Trinajstić information content (AvgIpc) is 3.05. The summed E-state index contributed by atoms with van der Waals surface area (Å²) < 4.78 is 5.55. The van der Waals surface area contributed by atoms with Gasteiger partial charge in [0.2, 0.25) is 5.88 Å². The molecule has 1 unspecified atom stereocenters. The van der Waals surface area contributed by atoms with Crippen LogP contribution >= 0.6 is 11.3 Å². The molecule has 2 aromatic heterocycles. The summed E-state index contributed by atoms with van der Waals surface area (Å²) in [5.74, 6) is 1.45. The van der Waals surface area contributed by atoms with Crippen molar-refractivity contribution in [1.29, 1.82) is 0 Å². The predicted molar refractivity (Wildman–Crippen MR) is 133 cm³/mol. The molecule has 0 spiro atoms. The van der Waals surface area contributed by atoms with Crippen LogP contribution in [-0.4, -0.2) is 58.6 Å². The SMILES string of the molecule is COc1nc(C)cc(C)c1CN1CCCc2sc(C(C)C3CCN(C(=O)O)CC3)c(C)c2C1=O. The number of fused-ring (bicyclic) bond motifs is 1. The molecule has 0 saturated carbocycles. The highest BCUT2D eigenvalue weighted by atomic mass is 32.1. The molecular weight excluding hydrogens is 450 g/mol. The molecule has 1 saturated heterocycles. The zero-order chi connectivity index (χ0) is 24.6. The number of aryl methyl sites for hydroxylation is 3. The molecule has 184 valence electrons. The van der Waals surface area contributed by atoms with Crippen molar-refractivity contribution in [3.63, 3.8) is 0 Å². The van der Waals surface area contributed by atoms with E-state index in [4.69, 9.17) is 4.74 Å². The van der Waals surface area contributed by atoms with Crippen molar-refractivity contribution >= 4 is 23.3 Å². The van der Waals surface area contributed by atoms with Crippen molar-refractivity contribution in [2.75, 3.05) is 26.7 Å². The molecule has 2 aromatic rings. The fraction of sp³-hybridized carbons (Fsp3) is 0.577. The van der Waals surface area contributed by atoms with Gasteiger partial charge in [0, 0.05) is 40.6 Å². The van der Waals surface area contributed by atoms with E-state index in [-0.39, 0.29) is 5.91 Å². The van der Waals surface area contributed by atoms with Crippen molar-refractivity contribution in [1.82, 2.24) is 14.8 Å². The monoisotopic (exact) mass is 485 g/mol. The largest absolute Gasteiger partial charge is 0.481 e. The number of pyridine rings is 1. The fourth-order valence-corrected chi connectivity index (χ4v) is 7.00. The van der Waals surface area contributed by atoms with E-state index in [1.54, 1.807) is 18.4 Å². The molecule has 0 bridgehead atoms. The summed E-state index contributed by atoms with van der Waals surface area (Å²) in [6.07, 6.45) is 2.76. The van der Waals surface area contributed by atoms with Crippen LogP contribution in [-0.2, 0) is 13.0 Å². The van der Waals surface area contributed by atoms with Gasteiger partial charge in [0.15, 0.2) is 0 Å². The van der Waals surface area contributed by atoms with Gasteiger partial charge < -0.3 is 19.6 Å². The van der Waals surface area contributed by atoms with Gasteiger partial charge in [-0.25, -0.2) is 9.78 Å². The second-order valence-corrected chi connectivity index (χ2v) is 10.8.